The molecule has 0 aromatic heterocycles. The molecule has 0 unspecified atom stereocenters. The van der Waals surface area contributed by atoms with Crippen LogP contribution in [0.25, 0.3) is 11.1 Å². The molecule has 2 aromatic carbocycles. The van der Waals surface area contributed by atoms with E-state index in [1.54, 1.807) is 27.4 Å². The Balaban J connectivity index is 1.86. The van der Waals surface area contributed by atoms with E-state index in [2.05, 4.69) is 16.0 Å². The van der Waals surface area contributed by atoms with Gasteiger partial charge in [-0.1, -0.05) is 6.07 Å². The van der Waals surface area contributed by atoms with E-state index in [-0.39, 0.29) is 17.8 Å². The highest BCUT2D eigenvalue weighted by molar-refractivity contribution is 5.95. The number of anilines is 1. The van der Waals surface area contributed by atoms with Crippen LogP contribution in [0.1, 0.15) is 43.4 Å². The van der Waals surface area contributed by atoms with Gasteiger partial charge in [0.1, 0.15) is 0 Å². The molecular weight excluding hydrogens is 520 g/mol. The molecular formula is C27H36N6O7. The van der Waals surface area contributed by atoms with Crippen LogP contribution in [0.2, 0.25) is 0 Å². The first-order valence-corrected chi connectivity index (χ1v) is 12.8. The zero-order valence-electron chi connectivity index (χ0n) is 23.1. The Morgan fingerprint density at radius 3 is 2.52 bits per heavy atom. The summed E-state index contributed by atoms with van der Waals surface area (Å²) in [6.45, 7) is 1.17. The van der Waals surface area contributed by atoms with E-state index in [4.69, 9.17) is 25.4 Å². The number of aryl methyl sites for hydroxylation is 1. The van der Waals surface area contributed by atoms with Crippen molar-refractivity contribution in [3.63, 3.8) is 0 Å². The summed E-state index contributed by atoms with van der Waals surface area (Å²) in [5, 5.41) is 26.5. The van der Waals surface area contributed by atoms with Crippen LogP contribution >= 0.6 is 0 Å². The number of nitrogens with two attached hydrogens (primary N) is 1. The molecule has 13 nitrogen and oxygen atoms in total. The van der Waals surface area contributed by atoms with Crippen molar-refractivity contribution >= 4 is 23.3 Å². The standard InChI is InChI=1S/C27H36N6O7/c1-15(34)31-21-10-7-16-12-22(38-2)25(39-3)26(40-4)24(16)18-9-8-17(13-19(18)21)32-27(35)20(28)6-5-11-30-23(29)14-33(36)37/h8-9,12-13,20-21H,5-7,10-11,14,28H2,1-4H3,(H2,29,30)(H,31,34)(H,32,35)/t20-,21-/m0/s1. The van der Waals surface area contributed by atoms with Crippen molar-refractivity contribution in [2.24, 2.45) is 5.73 Å². The molecule has 0 fully saturated rings. The molecule has 0 bridgehead atoms. The summed E-state index contributed by atoms with van der Waals surface area (Å²) >= 11 is 0. The van der Waals surface area contributed by atoms with Crippen molar-refractivity contribution in [3.8, 4) is 28.4 Å². The fourth-order valence-electron chi connectivity index (χ4n) is 4.82. The summed E-state index contributed by atoms with van der Waals surface area (Å²) in [7, 11) is 4.66. The van der Waals surface area contributed by atoms with Crippen molar-refractivity contribution in [3.05, 3.63) is 45.5 Å². The quantitative estimate of drug-likeness (QED) is 0.0858. The maximum absolute atomic E-state index is 12.8. The maximum Gasteiger partial charge on any atom is 0.259 e. The van der Waals surface area contributed by atoms with Gasteiger partial charge in [0.15, 0.2) is 17.3 Å². The number of nitrogens with one attached hydrogen (secondary N) is 4. The van der Waals surface area contributed by atoms with Gasteiger partial charge in [-0.25, -0.2) is 0 Å². The van der Waals surface area contributed by atoms with Gasteiger partial charge in [-0.05, 0) is 60.6 Å². The third-order valence-electron chi connectivity index (χ3n) is 6.61. The summed E-state index contributed by atoms with van der Waals surface area (Å²) in [5.74, 6) is 0.741. The molecule has 13 heteroatoms. The molecule has 0 saturated heterocycles. The number of benzene rings is 2. The van der Waals surface area contributed by atoms with Gasteiger partial charge in [-0.2, -0.15) is 0 Å². The lowest BCUT2D eigenvalue weighted by atomic mass is 9.93. The minimum atomic E-state index is -0.825. The summed E-state index contributed by atoms with van der Waals surface area (Å²) < 4.78 is 16.9. The van der Waals surface area contributed by atoms with Crippen molar-refractivity contribution in [2.45, 2.75) is 44.7 Å². The van der Waals surface area contributed by atoms with Crippen molar-refractivity contribution in [2.75, 3.05) is 39.7 Å². The molecule has 0 aliphatic heterocycles. The Bertz CT molecular complexity index is 1280. The molecule has 2 aromatic rings. The maximum atomic E-state index is 12.8. The minimum absolute atomic E-state index is 0.180. The van der Waals surface area contributed by atoms with Crippen LogP contribution in [0, 0.1) is 15.5 Å². The lowest BCUT2D eigenvalue weighted by Gasteiger charge is -2.22. The summed E-state index contributed by atoms with van der Waals surface area (Å²) in [5.41, 5.74) is 10.0. The third-order valence-corrected chi connectivity index (χ3v) is 6.61. The normalized spacial score (nSPS) is 14.5. The van der Waals surface area contributed by atoms with E-state index in [1.807, 2.05) is 18.2 Å². The van der Waals surface area contributed by atoms with Crippen molar-refractivity contribution < 1.29 is 28.7 Å². The van der Waals surface area contributed by atoms with Gasteiger partial charge in [-0.3, -0.25) is 25.1 Å². The molecule has 6 N–H and O–H groups in total. The van der Waals surface area contributed by atoms with Crippen LogP contribution in [0.15, 0.2) is 24.3 Å². The van der Waals surface area contributed by atoms with Gasteiger partial charge in [0.05, 0.1) is 33.4 Å². The summed E-state index contributed by atoms with van der Waals surface area (Å²) in [4.78, 5) is 34.8. The van der Waals surface area contributed by atoms with E-state index < -0.39 is 23.4 Å². The largest absolute Gasteiger partial charge is 0.493 e. The number of nitro groups is 1. The molecule has 2 atom stereocenters. The van der Waals surface area contributed by atoms with E-state index in [9.17, 15) is 19.7 Å². The van der Waals surface area contributed by atoms with E-state index in [1.165, 1.54) is 6.92 Å². The Labute approximate surface area is 232 Å². The van der Waals surface area contributed by atoms with E-state index in [0.29, 0.717) is 55.2 Å². The lowest BCUT2D eigenvalue weighted by molar-refractivity contribution is -0.463. The second kappa shape index (κ2) is 13.6. The molecule has 3 rings (SSSR count). The average molecular weight is 557 g/mol. The number of carbonyl (C=O) groups is 2. The number of carbonyl (C=O) groups excluding carboxylic acids is 2. The van der Waals surface area contributed by atoms with Crippen LogP contribution in [-0.4, -0.2) is 63.0 Å². The topological polar surface area (TPSA) is 191 Å². The Kier molecular flexibility index (Phi) is 10.3. The highest BCUT2D eigenvalue weighted by Crippen LogP contribution is 2.50. The number of nitrogens with zero attached hydrogens (tertiary/aromatic N) is 1. The average Bonchev–Trinajstić information content (AvgIpc) is 3.05. The van der Waals surface area contributed by atoms with Gasteiger partial charge in [0.2, 0.25) is 17.6 Å². The van der Waals surface area contributed by atoms with Crippen molar-refractivity contribution in [1.29, 1.82) is 5.41 Å². The van der Waals surface area contributed by atoms with Crippen molar-refractivity contribution in [1.82, 2.24) is 10.6 Å². The number of rotatable bonds is 12. The van der Waals surface area contributed by atoms with Gasteiger partial charge >= 0.3 is 0 Å². The molecule has 2 amide bonds. The van der Waals surface area contributed by atoms with Crippen LogP contribution in [0.4, 0.5) is 5.69 Å². The Morgan fingerprint density at radius 1 is 1.18 bits per heavy atom. The van der Waals surface area contributed by atoms with Crippen LogP contribution in [0.5, 0.6) is 17.2 Å². The predicted molar refractivity (Wildman–Crippen MR) is 150 cm³/mol. The monoisotopic (exact) mass is 556 g/mol. The molecule has 0 saturated carbocycles. The number of methoxy groups -OCH3 is 3. The highest BCUT2D eigenvalue weighted by Gasteiger charge is 2.29. The summed E-state index contributed by atoms with van der Waals surface area (Å²) in [6.07, 6.45) is 2.00. The first-order valence-electron chi connectivity index (χ1n) is 12.8. The van der Waals surface area contributed by atoms with Crippen LogP contribution < -0.4 is 35.9 Å². The molecule has 0 heterocycles. The predicted octanol–water partition coefficient (Wildman–Crippen LogP) is 2.39. The number of amides is 2. The third kappa shape index (κ3) is 7.17. The number of amidine groups is 1. The number of ether oxygens (including phenoxy) is 3. The second-order valence-corrected chi connectivity index (χ2v) is 9.41. The molecule has 0 spiro atoms. The van der Waals surface area contributed by atoms with Gasteiger partial charge in [0.25, 0.3) is 6.54 Å². The van der Waals surface area contributed by atoms with Crippen LogP contribution in [0.3, 0.4) is 0 Å². The second-order valence-electron chi connectivity index (χ2n) is 9.41. The lowest BCUT2D eigenvalue weighted by Crippen LogP contribution is -2.37. The first kappa shape index (κ1) is 30.2. The van der Waals surface area contributed by atoms with E-state index >= 15 is 0 Å². The Hall–Kier alpha value is -4.39. The highest BCUT2D eigenvalue weighted by atomic mass is 16.6. The molecule has 0 radical (unpaired) electrons. The fourth-order valence-corrected chi connectivity index (χ4v) is 4.82. The molecule has 216 valence electrons. The number of hydrogen-bond acceptors (Lipinski definition) is 9. The molecule has 1 aliphatic carbocycles. The van der Waals surface area contributed by atoms with Gasteiger partial charge < -0.3 is 35.9 Å². The van der Waals surface area contributed by atoms with Gasteiger partial charge in [0, 0.05) is 29.6 Å². The SMILES string of the molecule is COc1cc2c(c(OC)c1OC)-c1ccc(NC(=O)[C@@H](N)CCCNC(=N)C[N+](=O)[O-])cc1[C@@H](NC(C)=O)CC2. The number of hydrogen-bond donors (Lipinski definition) is 5. The molecule has 40 heavy (non-hydrogen) atoms. The zero-order valence-corrected chi connectivity index (χ0v) is 23.1. The Morgan fingerprint density at radius 2 is 1.90 bits per heavy atom. The molecule has 1 aliphatic rings. The van der Waals surface area contributed by atoms with Crippen LogP contribution in [-0.2, 0) is 16.0 Å². The number of fused-ring (bicyclic) bond motifs is 3. The smallest absolute Gasteiger partial charge is 0.259 e. The van der Waals surface area contributed by atoms with Gasteiger partial charge in [-0.15, -0.1) is 0 Å². The first-order chi connectivity index (χ1) is 19.1. The zero-order chi connectivity index (χ0) is 29.4. The van der Waals surface area contributed by atoms with E-state index in [0.717, 1.165) is 22.3 Å². The minimum Gasteiger partial charge on any atom is -0.493 e. The fraction of sp³-hybridized carbons (Fsp3) is 0.444. The summed E-state index contributed by atoms with van der Waals surface area (Å²) in [6, 6.07) is 6.22.